The number of rotatable bonds is 1. The minimum atomic E-state index is 0.0538. The first kappa shape index (κ1) is 8.97. The molecule has 2 saturated carbocycles. The van der Waals surface area contributed by atoms with E-state index in [1.54, 1.807) is 0 Å². The highest BCUT2D eigenvalue weighted by Crippen LogP contribution is 2.64. The van der Waals surface area contributed by atoms with Crippen LogP contribution in [-0.4, -0.2) is 10.2 Å². The van der Waals surface area contributed by atoms with Gasteiger partial charge in [0, 0.05) is 16.3 Å². The van der Waals surface area contributed by atoms with Gasteiger partial charge in [-0.25, -0.2) is 0 Å². The lowest BCUT2D eigenvalue weighted by atomic mass is 9.70. The molecule has 1 nitrogen and oxygen atoms in total. The largest absolute Gasteiger partial charge is 0.299 e. The van der Waals surface area contributed by atoms with Crippen LogP contribution >= 0.6 is 22.6 Å². The van der Waals surface area contributed by atoms with E-state index in [1.807, 2.05) is 0 Å². The van der Waals surface area contributed by atoms with Gasteiger partial charge in [-0.15, -0.1) is 0 Å². The molecule has 2 aliphatic rings. The van der Waals surface area contributed by atoms with Gasteiger partial charge >= 0.3 is 0 Å². The van der Waals surface area contributed by atoms with Gasteiger partial charge in [0.25, 0.3) is 0 Å². The van der Waals surface area contributed by atoms with Crippen molar-refractivity contribution in [1.29, 1.82) is 0 Å². The zero-order valence-electron chi connectivity index (χ0n) is 7.69. The summed E-state index contributed by atoms with van der Waals surface area (Å²) in [5.41, 5.74) is 0.337. The summed E-state index contributed by atoms with van der Waals surface area (Å²) in [5.74, 6) is 1.22. The Morgan fingerprint density at radius 1 is 1.58 bits per heavy atom. The average Bonchev–Trinajstić information content (AvgIpc) is 2.36. The average molecular weight is 278 g/mol. The van der Waals surface area contributed by atoms with Crippen molar-refractivity contribution in [1.82, 2.24) is 0 Å². The fourth-order valence-corrected chi connectivity index (χ4v) is 4.87. The Balaban J connectivity index is 2.46. The second-order valence-corrected chi connectivity index (χ2v) is 5.56. The summed E-state index contributed by atoms with van der Waals surface area (Å²) in [6, 6.07) is 0. The first-order valence-corrected chi connectivity index (χ1v) is 6.16. The standard InChI is InChI=1S/C10H15IO/c1-9(2)7-3-4-10(9,6-11)8(12)5-7/h7H,3-6H2,1-2H3/t7-,10-/m0/s1. The molecule has 0 saturated heterocycles. The fraction of sp³-hybridized carbons (Fsp3) is 0.900. The Morgan fingerprint density at radius 3 is 2.50 bits per heavy atom. The van der Waals surface area contributed by atoms with Crippen LogP contribution in [0.3, 0.4) is 0 Å². The smallest absolute Gasteiger partial charge is 0.140 e. The van der Waals surface area contributed by atoms with E-state index in [1.165, 1.54) is 6.42 Å². The molecule has 0 unspecified atom stereocenters. The van der Waals surface area contributed by atoms with Crippen LogP contribution in [0.1, 0.15) is 33.1 Å². The monoisotopic (exact) mass is 278 g/mol. The van der Waals surface area contributed by atoms with Crippen molar-refractivity contribution >= 4 is 28.4 Å². The predicted octanol–water partition coefficient (Wildman–Crippen LogP) is 2.82. The minimum Gasteiger partial charge on any atom is -0.299 e. The number of carbonyl (C=O) groups is 1. The number of fused-ring (bicyclic) bond motifs is 2. The van der Waals surface area contributed by atoms with E-state index in [0.717, 1.165) is 17.3 Å². The molecule has 0 N–H and O–H groups in total. The Morgan fingerprint density at radius 2 is 2.25 bits per heavy atom. The molecule has 68 valence electrons. The van der Waals surface area contributed by atoms with Gasteiger partial charge in [-0.3, -0.25) is 4.79 Å². The van der Waals surface area contributed by atoms with Gasteiger partial charge in [-0.05, 0) is 24.2 Å². The topological polar surface area (TPSA) is 17.1 Å². The summed E-state index contributed by atoms with van der Waals surface area (Å²) in [4.78, 5) is 11.8. The van der Waals surface area contributed by atoms with Crippen molar-refractivity contribution < 1.29 is 4.79 Å². The van der Waals surface area contributed by atoms with Crippen molar-refractivity contribution in [2.75, 3.05) is 4.43 Å². The summed E-state index contributed by atoms with van der Waals surface area (Å²) in [5, 5.41) is 0. The van der Waals surface area contributed by atoms with Crippen LogP contribution in [0.25, 0.3) is 0 Å². The molecular weight excluding hydrogens is 263 g/mol. The molecule has 2 bridgehead atoms. The molecule has 0 radical (unpaired) electrons. The van der Waals surface area contributed by atoms with E-state index in [9.17, 15) is 4.79 Å². The maximum absolute atomic E-state index is 11.8. The molecular formula is C10H15IO. The molecule has 2 atom stereocenters. The summed E-state index contributed by atoms with van der Waals surface area (Å²) >= 11 is 2.39. The van der Waals surface area contributed by atoms with Crippen molar-refractivity contribution in [2.45, 2.75) is 33.1 Å². The van der Waals surface area contributed by atoms with Crippen molar-refractivity contribution in [3.8, 4) is 0 Å². The first-order chi connectivity index (χ1) is 5.54. The molecule has 0 aromatic carbocycles. The van der Waals surface area contributed by atoms with Crippen molar-refractivity contribution in [3.63, 3.8) is 0 Å². The number of carbonyl (C=O) groups excluding carboxylic acids is 1. The zero-order chi connectivity index (χ0) is 8.98. The molecule has 0 aliphatic heterocycles. The third kappa shape index (κ3) is 0.777. The molecule has 0 spiro atoms. The predicted molar refractivity (Wildman–Crippen MR) is 57.4 cm³/mol. The van der Waals surface area contributed by atoms with Gasteiger partial charge < -0.3 is 0 Å². The molecule has 0 aromatic rings. The van der Waals surface area contributed by atoms with Gasteiger partial charge in [0.15, 0.2) is 0 Å². The molecule has 12 heavy (non-hydrogen) atoms. The SMILES string of the molecule is CC1(C)[C@H]2CC[C@]1(CI)C(=O)C2. The van der Waals surface area contributed by atoms with Crippen LogP contribution in [0.15, 0.2) is 0 Å². The summed E-state index contributed by atoms with van der Waals surface area (Å²) < 4.78 is 1.02. The van der Waals surface area contributed by atoms with Crippen molar-refractivity contribution in [3.05, 3.63) is 0 Å². The van der Waals surface area contributed by atoms with Crippen LogP contribution < -0.4 is 0 Å². The van der Waals surface area contributed by atoms with Gasteiger partial charge in [0.1, 0.15) is 5.78 Å². The van der Waals surface area contributed by atoms with Crippen molar-refractivity contribution in [2.24, 2.45) is 16.7 Å². The van der Waals surface area contributed by atoms with E-state index in [2.05, 4.69) is 36.4 Å². The highest BCUT2D eigenvalue weighted by atomic mass is 127. The lowest BCUT2D eigenvalue weighted by Gasteiger charge is -2.34. The number of ketones is 1. The van der Waals surface area contributed by atoms with E-state index in [-0.39, 0.29) is 10.8 Å². The number of hydrogen-bond acceptors (Lipinski definition) is 1. The Kier molecular flexibility index (Phi) is 1.84. The molecule has 0 amide bonds. The number of Topliss-reactive ketones (excluding diaryl/α,β-unsaturated/α-hetero) is 1. The molecule has 0 aromatic heterocycles. The van der Waals surface area contributed by atoms with Gasteiger partial charge in [0.05, 0.1) is 0 Å². The molecule has 2 fully saturated rings. The first-order valence-electron chi connectivity index (χ1n) is 4.64. The lowest BCUT2D eigenvalue weighted by molar-refractivity contribution is -0.127. The van der Waals surface area contributed by atoms with Crippen LogP contribution in [0.4, 0.5) is 0 Å². The Bertz CT molecular complexity index is 234. The second kappa shape index (κ2) is 2.46. The highest BCUT2D eigenvalue weighted by Gasteiger charge is 2.63. The summed E-state index contributed by atoms with van der Waals surface area (Å²) in [6.07, 6.45) is 3.28. The Hall–Kier alpha value is 0.400. The van der Waals surface area contributed by atoms with Crippen LogP contribution in [0, 0.1) is 16.7 Å². The molecule has 2 aliphatic carbocycles. The Labute approximate surface area is 87.4 Å². The number of alkyl halides is 1. The summed E-state index contributed by atoms with van der Waals surface area (Å²) in [6.45, 7) is 4.57. The third-order valence-electron chi connectivity index (χ3n) is 4.37. The lowest BCUT2D eigenvalue weighted by Crippen LogP contribution is -2.37. The summed E-state index contributed by atoms with van der Waals surface area (Å²) in [7, 11) is 0. The maximum atomic E-state index is 11.8. The quantitative estimate of drug-likeness (QED) is 0.532. The van der Waals surface area contributed by atoms with E-state index in [4.69, 9.17) is 0 Å². The maximum Gasteiger partial charge on any atom is 0.140 e. The highest BCUT2D eigenvalue weighted by molar-refractivity contribution is 14.1. The molecule has 2 rings (SSSR count). The zero-order valence-corrected chi connectivity index (χ0v) is 9.85. The van der Waals surface area contributed by atoms with Gasteiger partial charge in [0.2, 0.25) is 0 Å². The third-order valence-corrected chi connectivity index (χ3v) is 5.67. The number of hydrogen-bond donors (Lipinski definition) is 0. The van der Waals surface area contributed by atoms with E-state index < -0.39 is 0 Å². The van der Waals surface area contributed by atoms with Crippen LogP contribution in [-0.2, 0) is 4.79 Å². The van der Waals surface area contributed by atoms with Gasteiger partial charge in [-0.1, -0.05) is 36.4 Å². The second-order valence-electron chi connectivity index (χ2n) is 4.80. The van der Waals surface area contributed by atoms with Crippen LogP contribution in [0.2, 0.25) is 0 Å². The van der Waals surface area contributed by atoms with E-state index in [0.29, 0.717) is 11.7 Å². The molecule has 0 heterocycles. The van der Waals surface area contributed by atoms with Gasteiger partial charge in [-0.2, -0.15) is 0 Å². The van der Waals surface area contributed by atoms with Crippen LogP contribution in [0.5, 0.6) is 0 Å². The number of halogens is 1. The molecule has 2 heteroatoms. The fourth-order valence-electron chi connectivity index (χ4n) is 3.08. The van der Waals surface area contributed by atoms with E-state index >= 15 is 0 Å². The normalized spacial score (nSPS) is 43.9. The minimum absolute atomic E-state index is 0.0538.